The predicted molar refractivity (Wildman–Crippen MR) is 134 cm³/mol. The van der Waals surface area contributed by atoms with Crippen LogP contribution in [0.1, 0.15) is 29.6 Å². The molecular weight excluding hydrogens is 482 g/mol. The zero-order chi connectivity index (χ0) is 24.5. The van der Waals surface area contributed by atoms with Gasteiger partial charge >= 0.3 is 0 Å². The Bertz CT molecular complexity index is 1370. The van der Waals surface area contributed by atoms with Gasteiger partial charge in [0.05, 0.1) is 41.2 Å². The van der Waals surface area contributed by atoms with Crippen molar-refractivity contribution in [3.8, 4) is 11.6 Å². The summed E-state index contributed by atoms with van der Waals surface area (Å²) < 4.78 is 20.9. The number of hydrogen-bond acceptors (Lipinski definition) is 9. The first kappa shape index (κ1) is 23.0. The second-order valence-corrected chi connectivity index (χ2v) is 9.84. The maximum Gasteiger partial charge on any atom is 0.252 e. The van der Waals surface area contributed by atoms with Crippen molar-refractivity contribution in [3.05, 3.63) is 41.7 Å². The minimum atomic E-state index is -0.0821. The summed E-state index contributed by atoms with van der Waals surface area (Å²) in [5.74, 6) is 0.792. The van der Waals surface area contributed by atoms with E-state index in [1.807, 2.05) is 41.5 Å². The van der Waals surface area contributed by atoms with Gasteiger partial charge in [-0.05, 0) is 25.0 Å². The number of aromatic nitrogens is 5. The van der Waals surface area contributed by atoms with E-state index in [0.717, 1.165) is 41.0 Å². The third-order valence-electron chi connectivity index (χ3n) is 6.29. The Morgan fingerprint density at radius 1 is 1.19 bits per heavy atom. The lowest BCUT2D eigenvalue weighted by atomic mass is 10.1. The van der Waals surface area contributed by atoms with Crippen LogP contribution in [0.4, 0.5) is 10.9 Å². The minimum Gasteiger partial charge on any atom is -0.470 e. The summed E-state index contributed by atoms with van der Waals surface area (Å²) in [7, 11) is 1.88. The van der Waals surface area contributed by atoms with Crippen molar-refractivity contribution in [2.45, 2.75) is 31.4 Å². The highest BCUT2D eigenvalue weighted by atomic mass is 32.1. The van der Waals surface area contributed by atoms with Gasteiger partial charge in [0.1, 0.15) is 11.6 Å². The van der Waals surface area contributed by atoms with Crippen LogP contribution in [0.3, 0.4) is 0 Å². The zero-order valence-corrected chi connectivity index (χ0v) is 20.7. The largest absolute Gasteiger partial charge is 0.470 e. The SMILES string of the molecule is Cn1cc(-n2ccc3nc(Nc4cc(C(=O)NC5CCOCC5)cs4)nc(O[C@@H]4CCOC4)c32)cn1. The van der Waals surface area contributed by atoms with Gasteiger partial charge < -0.3 is 29.4 Å². The number of hydrogen-bond donors (Lipinski definition) is 2. The minimum absolute atomic E-state index is 0.0737. The lowest BCUT2D eigenvalue weighted by molar-refractivity contribution is 0.0696. The highest BCUT2D eigenvalue weighted by Crippen LogP contribution is 2.31. The number of fused-ring (bicyclic) bond motifs is 1. The molecule has 4 aromatic heterocycles. The Hall–Kier alpha value is -3.48. The van der Waals surface area contributed by atoms with Gasteiger partial charge in [0.15, 0.2) is 0 Å². The van der Waals surface area contributed by atoms with E-state index < -0.39 is 0 Å². The van der Waals surface area contributed by atoms with Crippen molar-refractivity contribution in [1.82, 2.24) is 29.6 Å². The van der Waals surface area contributed by atoms with Crippen LogP contribution in [0.15, 0.2) is 36.1 Å². The predicted octanol–water partition coefficient (Wildman–Crippen LogP) is 3.04. The Morgan fingerprint density at radius 2 is 2.06 bits per heavy atom. The first-order chi connectivity index (χ1) is 17.6. The van der Waals surface area contributed by atoms with Crippen molar-refractivity contribution < 1.29 is 19.0 Å². The quantitative estimate of drug-likeness (QED) is 0.390. The summed E-state index contributed by atoms with van der Waals surface area (Å²) in [6.45, 7) is 2.56. The van der Waals surface area contributed by atoms with Crippen molar-refractivity contribution in [1.29, 1.82) is 0 Å². The second-order valence-electron chi connectivity index (χ2n) is 8.93. The summed E-state index contributed by atoms with van der Waals surface area (Å²) in [5, 5.41) is 13.2. The lowest BCUT2D eigenvalue weighted by Crippen LogP contribution is -2.38. The van der Waals surface area contributed by atoms with Crippen molar-refractivity contribution >= 4 is 39.2 Å². The van der Waals surface area contributed by atoms with E-state index in [1.54, 1.807) is 10.9 Å². The summed E-state index contributed by atoms with van der Waals surface area (Å²) in [4.78, 5) is 22.1. The molecule has 36 heavy (non-hydrogen) atoms. The molecule has 0 bridgehead atoms. The molecule has 2 aliphatic rings. The van der Waals surface area contributed by atoms with Crippen LogP contribution in [-0.4, -0.2) is 68.8 Å². The van der Waals surface area contributed by atoms with Gasteiger partial charge in [0.25, 0.3) is 5.91 Å². The molecule has 0 aromatic carbocycles. The molecule has 2 saturated heterocycles. The fraction of sp³-hybridized carbons (Fsp3) is 0.417. The highest BCUT2D eigenvalue weighted by Gasteiger charge is 2.23. The molecule has 12 heteroatoms. The Kier molecular flexibility index (Phi) is 6.30. The molecule has 1 amide bonds. The van der Waals surface area contributed by atoms with Crippen LogP contribution < -0.4 is 15.4 Å². The molecule has 4 aromatic rings. The number of carbonyl (C=O) groups excluding carboxylic acids is 1. The van der Waals surface area contributed by atoms with Crippen molar-refractivity contribution in [2.24, 2.45) is 7.05 Å². The molecule has 11 nitrogen and oxygen atoms in total. The summed E-state index contributed by atoms with van der Waals surface area (Å²) >= 11 is 1.43. The lowest BCUT2D eigenvalue weighted by Gasteiger charge is -2.22. The van der Waals surface area contributed by atoms with E-state index >= 15 is 0 Å². The third-order valence-corrected chi connectivity index (χ3v) is 7.14. The summed E-state index contributed by atoms with van der Waals surface area (Å²) in [6, 6.07) is 3.89. The molecule has 0 saturated carbocycles. The molecule has 6 heterocycles. The summed E-state index contributed by atoms with van der Waals surface area (Å²) in [5.41, 5.74) is 3.00. The van der Waals surface area contributed by atoms with Crippen LogP contribution in [-0.2, 0) is 16.5 Å². The number of thiophene rings is 1. The molecule has 6 rings (SSSR count). The maximum absolute atomic E-state index is 12.7. The van der Waals surface area contributed by atoms with Gasteiger partial charge in [0, 0.05) is 50.5 Å². The Morgan fingerprint density at radius 3 is 2.83 bits per heavy atom. The maximum atomic E-state index is 12.7. The first-order valence-electron chi connectivity index (χ1n) is 12.0. The molecule has 0 unspecified atom stereocenters. The van der Waals surface area contributed by atoms with Gasteiger partial charge in [-0.25, -0.2) is 4.98 Å². The molecule has 2 aliphatic heterocycles. The van der Waals surface area contributed by atoms with E-state index in [2.05, 4.69) is 15.7 Å². The summed E-state index contributed by atoms with van der Waals surface area (Å²) in [6.07, 6.45) is 8.04. The van der Waals surface area contributed by atoms with Gasteiger partial charge in [-0.2, -0.15) is 10.1 Å². The van der Waals surface area contributed by atoms with Gasteiger partial charge in [0.2, 0.25) is 11.8 Å². The Labute approximate surface area is 211 Å². The molecule has 188 valence electrons. The zero-order valence-electron chi connectivity index (χ0n) is 19.8. The number of nitrogens with zero attached hydrogens (tertiary/aromatic N) is 5. The van der Waals surface area contributed by atoms with E-state index in [4.69, 9.17) is 24.2 Å². The topological polar surface area (TPSA) is 117 Å². The molecule has 1 atom stereocenters. The van der Waals surface area contributed by atoms with Crippen LogP contribution >= 0.6 is 11.3 Å². The van der Waals surface area contributed by atoms with Gasteiger partial charge in [-0.15, -0.1) is 11.3 Å². The number of anilines is 2. The number of ether oxygens (including phenoxy) is 3. The molecular formula is C24H27N7O4S. The van der Waals surface area contributed by atoms with Crippen LogP contribution in [0, 0.1) is 0 Å². The number of nitrogens with one attached hydrogen (secondary N) is 2. The number of carbonyl (C=O) groups is 1. The second kappa shape index (κ2) is 9.88. The van der Waals surface area contributed by atoms with Crippen LogP contribution in [0.25, 0.3) is 16.7 Å². The number of aryl methyl sites for hydroxylation is 1. The number of amides is 1. The van der Waals surface area contributed by atoms with Gasteiger partial charge in [-0.3, -0.25) is 9.48 Å². The van der Waals surface area contributed by atoms with Crippen LogP contribution in [0.2, 0.25) is 0 Å². The van der Waals surface area contributed by atoms with E-state index in [-0.39, 0.29) is 18.1 Å². The molecule has 2 N–H and O–H groups in total. The van der Waals surface area contributed by atoms with Gasteiger partial charge in [-0.1, -0.05) is 0 Å². The monoisotopic (exact) mass is 509 g/mol. The molecule has 0 aliphatic carbocycles. The molecule has 0 spiro atoms. The van der Waals surface area contributed by atoms with E-state index in [9.17, 15) is 4.79 Å². The fourth-order valence-electron chi connectivity index (χ4n) is 4.40. The molecule has 2 fully saturated rings. The van der Waals surface area contributed by atoms with Crippen molar-refractivity contribution in [3.63, 3.8) is 0 Å². The smallest absolute Gasteiger partial charge is 0.252 e. The van der Waals surface area contributed by atoms with Crippen molar-refractivity contribution in [2.75, 3.05) is 31.7 Å². The Balaban J connectivity index is 1.26. The fourth-order valence-corrected chi connectivity index (χ4v) is 5.18. The highest BCUT2D eigenvalue weighted by molar-refractivity contribution is 7.14. The van der Waals surface area contributed by atoms with Crippen LogP contribution in [0.5, 0.6) is 5.88 Å². The standard InChI is InChI=1S/C24H27N7O4S/c1-30-12-17(11-25-30)31-6-2-19-21(31)23(35-18-5-9-34-13-18)29-24(27-19)28-20-10-15(14-36-20)22(32)26-16-3-7-33-8-4-16/h2,6,10-12,14,16,18H,3-5,7-9,13H2,1H3,(H,26,32)(H,27,28,29)/t18-/m1/s1. The average molecular weight is 510 g/mol. The first-order valence-corrected chi connectivity index (χ1v) is 12.9. The van der Waals surface area contributed by atoms with E-state index in [1.165, 1.54) is 11.3 Å². The third kappa shape index (κ3) is 4.79. The average Bonchev–Trinajstić information content (AvgIpc) is 3.67. The normalized spacial score (nSPS) is 18.5. The molecule has 0 radical (unpaired) electrons. The number of rotatable bonds is 7. The van der Waals surface area contributed by atoms with E-state index in [0.29, 0.717) is 43.8 Å².